The number of hydrogen-bond acceptors (Lipinski definition) is 6. The van der Waals surface area contributed by atoms with E-state index >= 15 is 0 Å². The highest BCUT2D eigenvalue weighted by molar-refractivity contribution is 5.63. The lowest BCUT2D eigenvalue weighted by atomic mass is 9.91. The first-order chi connectivity index (χ1) is 16.1. The second-order valence-electron chi connectivity index (χ2n) is 9.43. The summed E-state index contributed by atoms with van der Waals surface area (Å²) in [5, 5.41) is 4.92. The molecule has 3 aromatic rings. The highest BCUT2D eigenvalue weighted by Gasteiger charge is 2.27. The summed E-state index contributed by atoms with van der Waals surface area (Å²) >= 11 is 0. The Morgan fingerprint density at radius 2 is 1.94 bits per heavy atom. The predicted octanol–water partition coefficient (Wildman–Crippen LogP) is 4.17. The quantitative estimate of drug-likeness (QED) is 0.566. The standard InChI is InChI=1S/C26H34N6O/c1-19-8-9-24(33-3)21(15-19)17-31-12-6-7-20(16-31)25-22(18-30(2)29-25)23-10-11-27-26(28-23)32-13-4-5-14-32/h8-11,15,18,20H,4-7,12-14,16-17H2,1-3H3. The molecule has 1 unspecified atom stereocenters. The molecule has 33 heavy (non-hydrogen) atoms. The van der Waals surface area contributed by atoms with Crippen molar-refractivity contribution in [2.24, 2.45) is 7.05 Å². The number of ether oxygens (including phenoxy) is 1. The van der Waals surface area contributed by atoms with Crippen LogP contribution in [0.4, 0.5) is 5.95 Å². The molecule has 7 heteroatoms. The van der Waals surface area contributed by atoms with Crippen LogP contribution in [0, 0.1) is 6.92 Å². The minimum atomic E-state index is 0.385. The Balaban J connectivity index is 1.38. The molecule has 2 aliphatic rings. The zero-order valence-corrected chi connectivity index (χ0v) is 20.0. The molecule has 2 aromatic heterocycles. The molecule has 1 atom stereocenters. The predicted molar refractivity (Wildman–Crippen MR) is 131 cm³/mol. The number of likely N-dealkylation sites (tertiary alicyclic amines) is 1. The second-order valence-corrected chi connectivity index (χ2v) is 9.43. The highest BCUT2D eigenvalue weighted by atomic mass is 16.5. The van der Waals surface area contributed by atoms with E-state index in [2.05, 4.69) is 46.1 Å². The maximum Gasteiger partial charge on any atom is 0.225 e. The Morgan fingerprint density at radius 1 is 1.09 bits per heavy atom. The fourth-order valence-electron chi connectivity index (χ4n) is 5.27. The van der Waals surface area contributed by atoms with Gasteiger partial charge in [0, 0.05) is 62.7 Å². The Kier molecular flexibility index (Phi) is 6.31. The van der Waals surface area contributed by atoms with Crippen molar-refractivity contribution in [2.45, 2.75) is 45.1 Å². The summed E-state index contributed by atoms with van der Waals surface area (Å²) in [6, 6.07) is 8.46. The van der Waals surface area contributed by atoms with Crippen LogP contribution in [0.15, 0.2) is 36.7 Å². The molecular weight excluding hydrogens is 412 g/mol. The third-order valence-electron chi connectivity index (χ3n) is 6.89. The molecule has 2 saturated heterocycles. The number of rotatable bonds is 6. The lowest BCUT2D eigenvalue weighted by Gasteiger charge is -2.32. The van der Waals surface area contributed by atoms with E-state index in [1.807, 2.05) is 24.0 Å². The molecule has 5 rings (SSSR count). The van der Waals surface area contributed by atoms with E-state index in [-0.39, 0.29) is 0 Å². The molecule has 174 valence electrons. The minimum Gasteiger partial charge on any atom is -0.496 e. The van der Waals surface area contributed by atoms with Crippen molar-refractivity contribution in [3.63, 3.8) is 0 Å². The van der Waals surface area contributed by atoms with Gasteiger partial charge in [0.25, 0.3) is 0 Å². The number of aryl methyl sites for hydroxylation is 2. The van der Waals surface area contributed by atoms with Crippen molar-refractivity contribution < 1.29 is 4.74 Å². The molecule has 0 saturated carbocycles. The normalized spacial score (nSPS) is 19.2. The van der Waals surface area contributed by atoms with Gasteiger partial charge in [-0.1, -0.05) is 17.7 Å². The number of benzene rings is 1. The van der Waals surface area contributed by atoms with Gasteiger partial charge in [0.15, 0.2) is 0 Å². The van der Waals surface area contributed by atoms with Gasteiger partial charge in [0.05, 0.1) is 18.5 Å². The third kappa shape index (κ3) is 4.74. The largest absolute Gasteiger partial charge is 0.496 e. The fourth-order valence-corrected chi connectivity index (χ4v) is 5.27. The summed E-state index contributed by atoms with van der Waals surface area (Å²) in [6.45, 7) is 7.22. The third-order valence-corrected chi connectivity index (χ3v) is 6.89. The molecule has 2 aliphatic heterocycles. The van der Waals surface area contributed by atoms with Crippen LogP contribution in [0.25, 0.3) is 11.3 Å². The summed E-state index contributed by atoms with van der Waals surface area (Å²) in [6.07, 6.45) is 8.76. The number of hydrogen-bond donors (Lipinski definition) is 0. The van der Waals surface area contributed by atoms with Crippen molar-refractivity contribution in [2.75, 3.05) is 38.2 Å². The molecule has 0 N–H and O–H groups in total. The van der Waals surface area contributed by atoms with E-state index in [9.17, 15) is 0 Å². The van der Waals surface area contributed by atoms with Crippen molar-refractivity contribution >= 4 is 5.95 Å². The van der Waals surface area contributed by atoms with E-state index in [1.54, 1.807) is 7.11 Å². The molecule has 0 amide bonds. The summed E-state index contributed by atoms with van der Waals surface area (Å²) in [4.78, 5) is 14.3. The lowest BCUT2D eigenvalue weighted by molar-refractivity contribution is 0.196. The monoisotopic (exact) mass is 446 g/mol. The van der Waals surface area contributed by atoms with Gasteiger partial charge in [0.1, 0.15) is 5.75 Å². The molecule has 4 heterocycles. The van der Waals surface area contributed by atoms with E-state index in [0.717, 1.165) is 74.2 Å². The molecule has 0 radical (unpaired) electrons. The number of anilines is 1. The van der Waals surface area contributed by atoms with Crippen LogP contribution in [-0.4, -0.2) is 57.9 Å². The van der Waals surface area contributed by atoms with Gasteiger partial charge < -0.3 is 9.64 Å². The van der Waals surface area contributed by atoms with Crippen molar-refractivity contribution in [1.82, 2.24) is 24.6 Å². The minimum absolute atomic E-state index is 0.385. The maximum atomic E-state index is 5.63. The summed E-state index contributed by atoms with van der Waals surface area (Å²) in [5.74, 6) is 2.20. The summed E-state index contributed by atoms with van der Waals surface area (Å²) < 4.78 is 7.56. The van der Waals surface area contributed by atoms with E-state index in [4.69, 9.17) is 14.8 Å². The Labute approximate surface area is 196 Å². The Hall–Kier alpha value is -2.93. The zero-order valence-electron chi connectivity index (χ0n) is 20.0. The van der Waals surface area contributed by atoms with Crippen molar-refractivity contribution in [1.29, 1.82) is 0 Å². The number of piperidine rings is 1. The van der Waals surface area contributed by atoms with Crippen molar-refractivity contribution in [3.8, 4) is 17.0 Å². The lowest BCUT2D eigenvalue weighted by Crippen LogP contribution is -2.34. The first kappa shape index (κ1) is 21.9. The Bertz CT molecular complexity index is 1100. The smallest absolute Gasteiger partial charge is 0.225 e. The van der Waals surface area contributed by atoms with Gasteiger partial charge in [0.2, 0.25) is 5.95 Å². The van der Waals surface area contributed by atoms with Gasteiger partial charge in [-0.2, -0.15) is 5.10 Å². The molecule has 0 aliphatic carbocycles. The van der Waals surface area contributed by atoms with Gasteiger partial charge in [-0.3, -0.25) is 9.58 Å². The molecular formula is C26H34N6O. The average Bonchev–Trinajstić information content (AvgIpc) is 3.50. The first-order valence-corrected chi connectivity index (χ1v) is 12.1. The number of methoxy groups -OCH3 is 1. The molecule has 0 spiro atoms. The van der Waals surface area contributed by atoms with Crippen LogP contribution in [0.5, 0.6) is 5.75 Å². The van der Waals surface area contributed by atoms with E-state index < -0.39 is 0 Å². The zero-order chi connectivity index (χ0) is 22.8. The van der Waals surface area contributed by atoms with Crippen LogP contribution in [0.3, 0.4) is 0 Å². The van der Waals surface area contributed by atoms with Crippen LogP contribution in [-0.2, 0) is 13.6 Å². The highest BCUT2D eigenvalue weighted by Crippen LogP contribution is 2.34. The Morgan fingerprint density at radius 3 is 2.76 bits per heavy atom. The van der Waals surface area contributed by atoms with E-state index in [1.165, 1.54) is 24.0 Å². The van der Waals surface area contributed by atoms with Gasteiger partial charge >= 0.3 is 0 Å². The van der Waals surface area contributed by atoms with Crippen LogP contribution in [0.2, 0.25) is 0 Å². The molecule has 0 bridgehead atoms. The molecule has 7 nitrogen and oxygen atoms in total. The van der Waals surface area contributed by atoms with Crippen LogP contribution < -0.4 is 9.64 Å². The molecule has 2 fully saturated rings. The second kappa shape index (κ2) is 9.51. The SMILES string of the molecule is COc1ccc(C)cc1CN1CCCC(c2nn(C)cc2-c2ccnc(N3CCCC3)n2)C1. The molecule has 1 aromatic carbocycles. The number of nitrogens with zero attached hydrogens (tertiary/aromatic N) is 6. The average molecular weight is 447 g/mol. The van der Waals surface area contributed by atoms with E-state index in [0.29, 0.717) is 5.92 Å². The fraction of sp³-hybridized carbons (Fsp3) is 0.500. The topological polar surface area (TPSA) is 59.3 Å². The number of aromatic nitrogens is 4. The first-order valence-electron chi connectivity index (χ1n) is 12.1. The maximum absolute atomic E-state index is 5.63. The van der Waals surface area contributed by atoms with Crippen LogP contribution >= 0.6 is 0 Å². The van der Waals surface area contributed by atoms with Crippen LogP contribution in [0.1, 0.15) is 48.4 Å². The van der Waals surface area contributed by atoms with Gasteiger partial charge in [-0.05, 0) is 51.3 Å². The van der Waals surface area contributed by atoms with Crippen molar-refractivity contribution in [3.05, 3.63) is 53.5 Å². The van der Waals surface area contributed by atoms with Gasteiger partial charge in [-0.15, -0.1) is 0 Å². The summed E-state index contributed by atoms with van der Waals surface area (Å²) in [5.41, 5.74) is 5.80. The van der Waals surface area contributed by atoms with Gasteiger partial charge in [-0.25, -0.2) is 9.97 Å². The summed E-state index contributed by atoms with van der Waals surface area (Å²) in [7, 11) is 3.76.